The third kappa shape index (κ3) is 3.80. The van der Waals surface area contributed by atoms with Crippen molar-refractivity contribution in [3.63, 3.8) is 0 Å². The van der Waals surface area contributed by atoms with E-state index in [4.69, 9.17) is 4.74 Å². The molecule has 26 heavy (non-hydrogen) atoms. The van der Waals surface area contributed by atoms with Gasteiger partial charge >= 0.3 is 160 Å². The molecule has 0 saturated carbocycles. The first-order valence-corrected chi connectivity index (χ1v) is 10.7. The number of aromatic nitrogens is 1. The Morgan fingerprint density at radius 3 is 2.77 bits per heavy atom. The standard InChI is InChI=1S/C19H22BNO4Se/c1-3-25-19(23)14-12-21(20(2)24)15-10-7-11-16(18(22)17(14)15)26-13-8-5-4-6-9-13/h4-6,8-9,12,16,24H,3,7,10-11H2,1-2H3. The predicted octanol–water partition coefficient (Wildman–Crippen LogP) is 1.96. The zero-order valence-electron chi connectivity index (χ0n) is 15.0. The van der Waals surface area contributed by atoms with Crippen LogP contribution in [-0.2, 0) is 11.2 Å². The van der Waals surface area contributed by atoms with Crippen LogP contribution < -0.4 is 4.46 Å². The number of hydrogen-bond acceptors (Lipinski definition) is 4. The summed E-state index contributed by atoms with van der Waals surface area (Å²) < 4.78 is 7.96. The SMILES string of the molecule is CCOC(=O)c1cn(B(C)O)c2c1C(=O)C([Se]c1ccccc1)CCC2. The first-order chi connectivity index (χ1) is 12.5. The average Bonchev–Trinajstić information content (AvgIpc) is 2.94. The summed E-state index contributed by atoms with van der Waals surface area (Å²) in [7, 11) is -0.795. The van der Waals surface area contributed by atoms with Gasteiger partial charge in [-0.2, -0.15) is 0 Å². The van der Waals surface area contributed by atoms with Crippen LogP contribution in [-0.4, -0.2) is 49.9 Å². The van der Waals surface area contributed by atoms with Crippen LogP contribution >= 0.6 is 0 Å². The van der Waals surface area contributed by atoms with Crippen molar-refractivity contribution < 1.29 is 19.3 Å². The fourth-order valence-electron chi connectivity index (χ4n) is 3.31. The molecule has 1 N–H and O–H groups in total. The van der Waals surface area contributed by atoms with Crippen molar-refractivity contribution in [3.8, 4) is 0 Å². The van der Waals surface area contributed by atoms with E-state index in [0.717, 1.165) is 18.5 Å². The minimum absolute atomic E-state index is 0.00118. The van der Waals surface area contributed by atoms with E-state index in [2.05, 4.69) is 0 Å². The maximum atomic E-state index is 13.3. The molecular formula is C19H22BNO4Se. The summed E-state index contributed by atoms with van der Waals surface area (Å²) in [5, 5.41) is 10.1. The van der Waals surface area contributed by atoms with E-state index in [1.807, 2.05) is 30.3 Å². The van der Waals surface area contributed by atoms with E-state index in [9.17, 15) is 14.6 Å². The molecule has 0 bridgehead atoms. The molecule has 0 spiro atoms. The average molecular weight is 418 g/mol. The van der Waals surface area contributed by atoms with Gasteiger partial charge in [0.1, 0.15) is 0 Å². The van der Waals surface area contributed by atoms with Crippen LogP contribution in [0.4, 0.5) is 0 Å². The summed E-state index contributed by atoms with van der Waals surface area (Å²) in [4.78, 5) is 25.6. The van der Waals surface area contributed by atoms with Crippen LogP contribution in [0.2, 0.25) is 11.6 Å². The summed E-state index contributed by atoms with van der Waals surface area (Å²) in [6.07, 6.45) is 3.90. The number of esters is 1. The van der Waals surface area contributed by atoms with Gasteiger partial charge in [-0.15, -0.1) is 0 Å². The van der Waals surface area contributed by atoms with Crippen molar-refractivity contribution in [1.82, 2.24) is 4.48 Å². The van der Waals surface area contributed by atoms with Crippen molar-refractivity contribution in [2.24, 2.45) is 0 Å². The van der Waals surface area contributed by atoms with Crippen LogP contribution in [0.1, 0.15) is 46.2 Å². The molecular weight excluding hydrogens is 396 g/mol. The van der Waals surface area contributed by atoms with Gasteiger partial charge in [-0.05, 0) is 0 Å². The molecule has 1 aromatic carbocycles. The predicted molar refractivity (Wildman–Crippen MR) is 102 cm³/mol. The fraction of sp³-hybridized carbons (Fsp3) is 0.368. The Morgan fingerprint density at radius 2 is 2.12 bits per heavy atom. The molecule has 0 fully saturated rings. The van der Waals surface area contributed by atoms with Gasteiger partial charge in [-0.25, -0.2) is 0 Å². The van der Waals surface area contributed by atoms with Gasteiger partial charge in [0.15, 0.2) is 0 Å². The quantitative estimate of drug-likeness (QED) is 0.458. The molecule has 0 aliphatic heterocycles. The van der Waals surface area contributed by atoms with Gasteiger partial charge in [0.05, 0.1) is 0 Å². The minimum atomic E-state index is -0.795. The summed E-state index contributed by atoms with van der Waals surface area (Å²) >= 11 is -0.00118. The number of Topliss-reactive ketones (excluding diaryl/α,β-unsaturated/α-hetero) is 1. The third-order valence-corrected chi connectivity index (χ3v) is 7.16. The molecule has 2 aromatic rings. The van der Waals surface area contributed by atoms with E-state index in [1.165, 1.54) is 4.46 Å². The number of hydrogen-bond donors (Lipinski definition) is 1. The Bertz CT molecular complexity index is 803. The molecule has 1 unspecified atom stereocenters. The van der Waals surface area contributed by atoms with Crippen LogP contribution in [0.3, 0.4) is 0 Å². The second kappa shape index (κ2) is 8.25. The summed E-state index contributed by atoms with van der Waals surface area (Å²) in [5.74, 6) is -0.492. The molecule has 7 heteroatoms. The van der Waals surface area contributed by atoms with E-state index >= 15 is 0 Å². The van der Waals surface area contributed by atoms with E-state index in [1.54, 1.807) is 24.4 Å². The molecule has 136 valence electrons. The van der Waals surface area contributed by atoms with Crippen LogP contribution in [0.25, 0.3) is 0 Å². The summed E-state index contributed by atoms with van der Waals surface area (Å²) in [5.41, 5.74) is 1.48. The monoisotopic (exact) mass is 419 g/mol. The Hall–Kier alpha value is -1.82. The Kier molecular flexibility index (Phi) is 6.02. The number of ketones is 1. The van der Waals surface area contributed by atoms with E-state index in [-0.39, 0.29) is 37.7 Å². The molecule has 0 amide bonds. The van der Waals surface area contributed by atoms with Gasteiger partial charge in [0.25, 0.3) is 0 Å². The first kappa shape index (κ1) is 19.0. The second-order valence-electron chi connectivity index (χ2n) is 6.30. The summed E-state index contributed by atoms with van der Waals surface area (Å²) in [6, 6.07) is 10.0. The van der Waals surface area contributed by atoms with E-state index < -0.39 is 13.0 Å². The maximum absolute atomic E-state index is 13.3. The molecule has 0 radical (unpaired) electrons. The Labute approximate surface area is 160 Å². The third-order valence-electron chi connectivity index (χ3n) is 4.48. The molecule has 1 atom stereocenters. The normalized spacial score (nSPS) is 16.7. The molecule has 3 rings (SSSR count). The molecule has 5 nitrogen and oxygen atoms in total. The van der Waals surface area contributed by atoms with Crippen LogP contribution in [0.5, 0.6) is 0 Å². The zero-order chi connectivity index (χ0) is 18.7. The molecule has 1 aliphatic carbocycles. The van der Waals surface area contributed by atoms with Gasteiger partial charge in [0.2, 0.25) is 0 Å². The second-order valence-corrected chi connectivity index (χ2v) is 8.98. The number of nitrogens with zero attached hydrogens (tertiary/aromatic N) is 1. The number of carbonyl (C=O) groups excluding carboxylic acids is 2. The van der Waals surface area contributed by atoms with Crippen molar-refractivity contribution in [3.05, 3.63) is 53.3 Å². The molecule has 1 aromatic heterocycles. The first-order valence-electron chi connectivity index (χ1n) is 8.87. The molecule has 0 saturated heterocycles. The number of benzene rings is 1. The molecule has 1 aliphatic rings. The molecule has 1 heterocycles. The van der Waals surface area contributed by atoms with Gasteiger partial charge in [-0.1, -0.05) is 0 Å². The fourth-order valence-corrected chi connectivity index (χ4v) is 5.73. The number of carbonyl (C=O) groups is 2. The number of fused-ring (bicyclic) bond motifs is 1. The van der Waals surface area contributed by atoms with Crippen LogP contribution in [0, 0.1) is 0 Å². The van der Waals surface area contributed by atoms with Crippen molar-refractivity contribution in [1.29, 1.82) is 0 Å². The number of rotatable bonds is 5. The van der Waals surface area contributed by atoms with Crippen molar-refractivity contribution in [2.45, 2.75) is 37.8 Å². The van der Waals surface area contributed by atoms with Gasteiger partial charge in [-0.3, -0.25) is 0 Å². The Morgan fingerprint density at radius 1 is 1.38 bits per heavy atom. The zero-order valence-corrected chi connectivity index (χ0v) is 16.7. The van der Waals surface area contributed by atoms with Crippen molar-refractivity contribution in [2.75, 3.05) is 6.61 Å². The topological polar surface area (TPSA) is 68.5 Å². The van der Waals surface area contributed by atoms with E-state index in [0.29, 0.717) is 12.0 Å². The summed E-state index contributed by atoms with van der Waals surface area (Å²) in [6.45, 7) is 3.63. The van der Waals surface area contributed by atoms with Crippen molar-refractivity contribution >= 4 is 38.2 Å². The Balaban J connectivity index is 2.01. The van der Waals surface area contributed by atoms with Gasteiger partial charge < -0.3 is 0 Å². The van der Waals surface area contributed by atoms with Crippen LogP contribution in [0.15, 0.2) is 36.5 Å². The number of ether oxygens (including phenoxy) is 1. The van der Waals surface area contributed by atoms with Gasteiger partial charge in [0, 0.05) is 0 Å².